The molecule has 100 valence electrons. The predicted molar refractivity (Wildman–Crippen MR) is 84.4 cm³/mol. The van der Waals surface area contributed by atoms with Crippen LogP contribution in [-0.2, 0) is 11.3 Å². The molecule has 0 aliphatic rings. The fourth-order valence-corrected chi connectivity index (χ4v) is 2.82. The summed E-state index contributed by atoms with van der Waals surface area (Å²) in [5, 5.41) is 4.20. The number of methoxy groups -OCH3 is 1. The number of hydrogen-bond donors (Lipinski definition) is 0. The first kappa shape index (κ1) is 14.7. The van der Waals surface area contributed by atoms with Gasteiger partial charge in [-0.25, -0.2) is 0 Å². The van der Waals surface area contributed by atoms with E-state index in [1.54, 1.807) is 18.0 Å². The van der Waals surface area contributed by atoms with Crippen molar-refractivity contribution in [3.63, 3.8) is 0 Å². The Bertz CT molecular complexity index is 598. The van der Waals surface area contributed by atoms with E-state index < -0.39 is 0 Å². The van der Waals surface area contributed by atoms with Crippen molar-refractivity contribution in [2.24, 2.45) is 0 Å². The molecule has 19 heavy (non-hydrogen) atoms. The lowest BCUT2D eigenvalue weighted by molar-refractivity contribution is 0.102. The molecule has 0 spiro atoms. The normalized spacial score (nSPS) is 10.7. The number of carbonyl (C=O) groups excluding carboxylic acids is 1. The molecule has 0 aliphatic heterocycles. The van der Waals surface area contributed by atoms with Gasteiger partial charge in [-0.1, -0.05) is 12.1 Å². The summed E-state index contributed by atoms with van der Waals surface area (Å²) in [4.78, 5) is 12.6. The molecule has 6 heteroatoms. The van der Waals surface area contributed by atoms with E-state index in [1.807, 2.05) is 24.3 Å². The topological polar surface area (TPSA) is 44.1 Å². The summed E-state index contributed by atoms with van der Waals surface area (Å²) in [5.41, 5.74) is 1.24. The fraction of sp³-hybridized carbons (Fsp3) is 0.231. The Balaban J connectivity index is 2.39. The van der Waals surface area contributed by atoms with Crippen molar-refractivity contribution in [2.45, 2.75) is 6.54 Å². The Hall–Kier alpha value is -0.730. The van der Waals surface area contributed by atoms with Crippen molar-refractivity contribution in [3.05, 3.63) is 49.8 Å². The van der Waals surface area contributed by atoms with E-state index in [9.17, 15) is 4.79 Å². The van der Waals surface area contributed by atoms with Crippen LogP contribution < -0.4 is 0 Å². The fourth-order valence-electron chi connectivity index (χ4n) is 1.71. The van der Waals surface area contributed by atoms with Crippen molar-refractivity contribution in [3.8, 4) is 0 Å². The molecule has 0 unspecified atom stereocenters. The van der Waals surface area contributed by atoms with Crippen LogP contribution in [0.15, 0.2) is 34.9 Å². The molecule has 2 aromatic rings. The summed E-state index contributed by atoms with van der Waals surface area (Å²) < 4.78 is 8.33. The highest BCUT2D eigenvalue weighted by Gasteiger charge is 2.20. The summed E-state index contributed by atoms with van der Waals surface area (Å²) >= 11 is 5.55. The van der Waals surface area contributed by atoms with Gasteiger partial charge in [0.2, 0.25) is 5.78 Å². The summed E-state index contributed by atoms with van der Waals surface area (Å²) in [7, 11) is 1.63. The molecule has 4 nitrogen and oxygen atoms in total. The second-order valence-electron chi connectivity index (χ2n) is 3.87. The lowest BCUT2D eigenvalue weighted by Crippen LogP contribution is -2.15. The van der Waals surface area contributed by atoms with Crippen molar-refractivity contribution in [1.82, 2.24) is 9.78 Å². The number of halogens is 2. The average Bonchev–Trinajstić information content (AvgIpc) is 2.77. The average molecular weight is 435 g/mol. The highest BCUT2D eigenvalue weighted by atomic mass is 127. The third kappa shape index (κ3) is 3.24. The third-order valence-electron chi connectivity index (χ3n) is 2.64. The van der Waals surface area contributed by atoms with Gasteiger partial charge in [0.15, 0.2) is 0 Å². The van der Waals surface area contributed by atoms with Crippen LogP contribution in [0.1, 0.15) is 16.1 Å². The largest absolute Gasteiger partial charge is 0.383 e. The molecule has 2 rings (SSSR count). The summed E-state index contributed by atoms with van der Waals surface area (Å²) in [6, 6.07) is 7.51. The number of hydrogen-bond acceptors (Lipinski definition) is 3. The van der Waals surface area contributed by atoms with Crippen LogP contribution in [0.5, 0.6) is 0 Å². The molecule has 0 saturated heterocycles. The molecule has 1 heterocycles. The van der Waals surface area contributed by atoms with Gasteiger partial charge in [0.05, 0.1) is 23.8 Å². The zero-order valence-electron chi connectivity index (χ0n) is 10.3. The molecule has 0 saturated carbocycles. The second-order valence-corrected chi connectivity index (χ2v) is 5.88. The Kier molecular flexibility index (Phi) is 5.12. The van der Waals surface area contributed by atoms with Crippen LogP contribution >= 0.6 is 38.5 Å². The Morgan fingerprint density at radius 2 is 2.21 bits per heavy atom. The first-order valence-electron chi connectivity index (χ1n) is 5.64. The van der Waals surface area contributed by atoms with Crippen molar-refractivity contribution in [2.75, 3.05) is 13.7 Å². The number of rotatable bonds is 5. The number of ether oxygens (including phenoxy) is 1. The van der Waals surface area contributed by atoms with E-state index in [0.29, 0.717) is 28.9 Å². The van der Waals surface area contributed by atoms with Gasteiger partial charge < -0.3 is 4.74 Å². The quantitative estimate of drug-likeness (QED) is 0.536. The van der Waals surface area contributed by atoms with Crippen LogP contribution in [0.4, 0.5) is 0 Å². The number of nitrogens with zero attached hydrogens (tertiary/aromatic N) is 2. The Morgan fingerprint density at radius 1 is 1.47 bits per heavy atom. The van der Waals surface area contributed by atoms with Gasteiger partial charge in [-0.15, -0.1) is 0 Å². The molecule has 0 fully saturated rings. The predicted octanol–water partition coefficient (Wildman–Crippen LogP) is 3.13. The summed E-state index contributed by atoms with van der Waals surface area (Å²) in [6.45, 7) is 1.06. The smallest absolute Gasteiger partial charge is 0.213 e. The Morgan fingerprint density at radius 3 is 2.89 bits per heavy atom. The van der Waals surface area contributed by atoms with Gasteiger partial charge in [0, 0.05) is 16.2 Å². The second kappa shape index (κ2) is 6.62. The molecule has 1 aromatic carbocycles. The van der Waals surface area contributed by atoms with Crippen LogP contribution in [0.25, 0.3) is 0 Å². The molecule has 0 radical (unpaired) electrons. The molecule has 0 aliphatic carbocycles. The van der Waals surface area contributed by atoms with E-state index in [4.69, 9.17) is 4.74 Å². The number of carbonyl (C=O) groups is 1. The lowest BCUT2D eigenvalue weighted by atomic mass is 10.1. The first-order valence-corrected chi connectivity index (χ1v) is 7.51. The minimum absolute atomic E-state index is 0.0366. The SMILES string of the molecule is COCCn1ncc(Br)c1C(=O)c1ccccc1I. The molecular formula is C13H12BrIN2O2. The minimum Gasteiger partial charge on any atom is -0.383 e. The zero-order valence-corrected chi connectivity index (χ0v) is 14.0. The monoisotopic (exact) mass is 434 g/mol. The maximum absolute atomic E-state index is 12.6. The highest BCUT2D eigenvalue weighted by molar-refractivity contribution is 14.1. The molecule has 0 amide bonds. The highest BCUT2D eigenvalue weighted by Crippen LogP contribution is 2.22. The molecule has 0 N–H and O–H groups in total. The molecule has 0 atom stereocenters. The van der Waals surface area contributed by atoms with Crippen LogP contribution in [0.2, 0.25) is 0 Å². The van der Waals surface area contributed by atoms with Crippen molar-refractivity contribution < 1.29 is 9.53 Å². The summed E-state index contributed by atoms with van der Waals surface area (Å²) in [5.74, 6) is -0.0366. The zero-order chi connectivity index (χ0) is 13.8. The van der Waals surface area contributed by atoms with Crippen LogP contribution in [-0.4, -0.2) is 29.3 Å². The third-order valence-corrected chi connectivity index (χ3v) is 4.16. The molecule has 1 aromatic heterocycles. The van der Waals surface area contributed by atoms with Gasteiger partial charge in [-0.2, -0.15) is 5.10 Å². The van der Waals surface area contributed by atoms with Crippen molar-refractivity contribution in [1.29, 1.82) is 0 Å². The standard InChI is InChI=1S/C13H12BrIN2O2/c1-19-7-6-17-12(10(14)8-16-17)13(18)9-4-2-3-5-11(9)15/h2-5,8H,6-7H2,1H3. The maximum Gasteiger partial charge on any atom is 0.213 e. The summed E-state index contributed by atoms with van der Waals surface area (Å²) in [6.07, 6.45) is 1.64. The first-order chi connectivity index (χ1) is 9.15. The lowest BCUT2D eigenvalue weighted by Gasteiger charge is -2.08. The number of benzene rings is 1. The van der Waals surface area contributed by atoms with Gasteiger partial charge in [-0.3, -0.25) is 9.48 Å². The van der Waals surface area contributed by atoms with E-state index >= 15 is 0 Å². The van der Waals surface area contributed by atoms with E-state index in [2.05, 4.69) is 43.6 Å². The van der Waals surface area contributed by atoms with Gasteiger partial charge in [0.25, 0.3) is 0 Å². The van der Waals surface area contributed by atoms with Gasteiger partial charge >= 0.3 is 0 Å². The van der Waals surface area contributed by atoms with Crippen LogP contribution in [0, 0.1) is 3.57 Å². The van der Waals surface area contributed by atoms with E-state index in [1.165, 1.54) is 0 Å². The van der Waals surface area contributed by atoms with Crippen molar-refractivity contribution >= 4 is 44.3 Å². The Labute approximate surface area is 133 Å². The maximum atomic E-state index is 12.6. The van der Waals surface area contributed by atoms with Crippen LogP contribution in [0.3, 0.4) is 0 Å². The number of aromatic nitrogens is 2. The van der Waals surface area contributed by atoms with E-state index in [-0.39, 0.29) is 5.78 Å². The number of ketones is 1. The van der Waals surface area contributed by atoms with Gasteiger partial charge in [-0.05, 0) is 50.7 Å². The van der Waals surface area contributed by atoms with Gasteiger partial charge in [0.1, 0.15) is 5.69 Å². The van der Waals surface area contributed by atoms with E-state index in [0.717, 1.165) is 3.57 Å². The minimum atomic E-state index is -0.0366. The molecular weight excluding hydrogens is 423 g/mol. The molecule has 0 bridgehead atoms.